The smallest absolute Gasteiger partial charge is 0.120 e. The van der Waals surface area contributed by atoms with Gasteiger partial charge in [0.1, 0.15) is 5.75 Å². The highest BCUT2D eigenvalue weighted by molar-refractivity contribution is 5.52. The Balaban J connectivity index is 1.78. The normalized spacial score (nSPS) is 14.9. The second-order valence-corrected chi connectivity index (χ2v) is 5.75. The molecule has 1 atom stereocenters. The lowest BCUT2D eigenvalue weighted by Gasteiger charge is -2.17. The summed E-state index contributed by atoms with van der Waals surface area (Å²) in [6.07, 6.45) is 3.72. The molecule has 0 radical (unpaired) electrons. The van der Waals surface area contributed by atoms with E-state index in [1.165, 1.54) is 36.0 Å². The third-order valence-electron chi connectivity index (χ3n) is 4.21. The van der Waals surface area contributed by atoms with E-state index in [0.717, 1.165) is 11.3 Å². The van der Waals surface area contributed by atoms with Gasteiger partial charge >= 0.3 is 0 Å². The van der Waals surface area contributed by atoms with Crippen molar-refractivity contribution in [3.8, 4) is 5.75 Å². The molecule has 2 N–H and O–H groups in total. The number of aromatic hydroxyl groups is 1. The maximum Gasteiger partial charge on any atom is 0.120 e. The van der Waals surface area contributed by atoms with Crippen molar-refractivity contribution >= 4 is 5.69 Å². The zero-order valence-corrected chi connectivity index (χ0v) is 12.1. The van der Waals surface area contributed by atoms with Crippen LogP contribution in [0.3, 0.4) is 0 Å². The number of hydrogen-bond donors (Lipinski definition) is 2. The van der Waals surface area contributed by atoms with Gasteiger partial charge in [0.15, 0.2) is 0 Å². The average molecular weight is 267 g/mol. The first-order valence-electron chi connectivity index (χ1n) is 7.31. The molecule has 0 aromatic heterocycles. The number of rotatable bonds is 3. The summed E-state index contributed by atoms with van der Waals surface area (Å²) >= 11 is 0. The highest BCUT2D eigenvalue weighted by Gasteiger charge is 2.13. The van der Waals surface area contributed by atoms with Crippen LogP contribution in [0.15, 0.2) is 36.4 Å². The van der Waals surface area contributed by atoms with Gasteiger partial charge in [-0.15, -0.1) is 0 Å². The number of benzene rings is 2. The number of nitrogens with one attached hydrogen (secondary N) is 1. The molecule has 0 saturated heterocycles. The molecule has 2 aromatic carbocycles. The molecular formula is C18H21NO. The lowest BCUT2D eigenvalue weighted by Crippen LogP contribution is -2.07. The zero-order valence-electron chi connectivity index (χ0n) is 12.1. The maximum atomic E-state index is 9.77. The van der Waals surface area contributed by atoms with Crippen LogP contribution in [0.4, 0.5) is 5.69 Å². The molecule has 1 unspecified atom stereocenters. The summed E-state index contributed by atoms with van der Waals surface area (Å²) < 4.78 is 0. The van der Waals surface area contributed by atoms with E-state index in [-0.39, 0.29) is 6.04 Å². The first-order valence-corrected chi connectivity index (χ1v) is 7.31. The fourth-order valence-electron chi connectivity index (χ4n) is 2.89. The van der Waals surface area contributed by atoms with E-state index in [1.807, 2.05) is 19.1 Å². The first-order chi connectivity index (χ1) is 9.63. The van der Waals surface area contributed by atoms with Gasteiger partial charge < -0.3 is 10.4 Å². The minimum atomic E-state index is 0.239. The first kappa shape index (κ1) is 13.0. The fraction of sp³-hybridized carbons (Fsp3) is 0.333. The molecule has 1 aliphatic rings. The van der Waals surface area contributed by atoms with E-state index in [1.54, 1.807) is 6.07 Å². The van der Waals surface area contributed by atoms with Gasteiger partial charge in [0.05, 0.1) is 0 Å². The minimum Gasteiger partial charge on any atom is -0.508 e. The fourth-order valence-corrected chi connectivity index (χ4v) is 2.89. The molecule has 0 fully saturated rings. The Morgan fingerprint density at radius 1 is 1.05 bits per heavy atom. The highest BCUT2D eigenvalue weighted by atomic mass is 16.3. The molecule has 0 heterocycles. The van der Waals surface area contributed by atoms with Crippen LogP contribution in [0.25, 0.3) is 0 Å². The van der Waals surface area contributed by atoms with Gasteiger partial charge in [-0.05, 0) is 61.4 Å². The van der Waals surface area contributed by atoms with Gasteiger partial charge in [-0.2, -0.15) is 0 Å². The predicted molar refractivity (Wildman–Crippen MR) is 83.3 cm³/mol. The molecule has 2 heteroatoms. The number of phenols is 1. The van der Waals surface area contributed by atoms with Crippen LogP contribution in [-0.4, -0.2) is 5.11 Å². The van der Waals surface area contributed by atoms with Crippen LogP contribution < -0.4 is 5.32 Å². The number of anilines is 1. The van der Waals surface area contributed by atoms with Gasteiger partial charge in [-0.3, -0.25) is 0 Å². The molecule has 0 aliphatic heterocycles. The Labute approximate surface area is 120 Å². The third kappa shape index (κ3) is 2.51. The molecular weight excluding hydrogens is 246 g/mol. The van der Waals surface area contributed by atoms with Crippen LogP contribution in [0.1, 0.15) is 41.6 Å². The molecule has 20 heavy (non-hydrogen) atoms. The van der Waals surface area contributed by atoms with Crippen LogP contribution >= 0.6 is 0 Å². The van der Waals surface area contributed by atoms with Crippen LogP contribution in [0.2, 0.25) is 0 Å². The van der Waals surface area contributed by atoms with Gasteiger partial charge in [0.25, 0.3) is 0 Å². The van der Waals surface area contributed by atoms with Gasteiger partial charge in [0, 0.05) is 17.8 Å². The molecule has 2 aromatic rings. The SMILES string of the molecule is Cc1ccc(NC(C)c2ccc3c(c2)CCC3)cc1O. The quantitative estimate of drug-likeness (QED) is 0.866. The molecule has 1 aliphatic carbocycles. The van der Waals surface area contributed by atoms with Gasteiger partial charge in [0.2, 0.25) is 0 Å². The summed E-state index contributed by atoms with van der Waals surface area (Å²) in [7, 11) is 0. The maximum absolute atomic E-state index is 9.77. The van der Waals surface area contributed by atoms with Gasteiger partial charge in [-0.1, -0.05) is 24.3 Å². The van der Waals surface area contributed by atoms with Crippen molar-refractivity contribution in [2.45, 2.75) is 39.2 Å². The van der Waals surface area contributed by atoms with E-state index in [0.29, 0.717) is 5.75 Å². The molecule has 0 spiro atoms. The van der Waals surface area contributed by atoms with Crippen molar-refractivity contribution in [2.75, 3.05) is 5.32 Å². The lowest BCUT2D eigenvalue weighted by atomic mass is 10.0. The average Bonchev–Trinajstić information content (AvgIpc) is 2.90. The standard InChI is InChI=1S/C18H21NO/c1-12-6-9-17(11-18(12)20)19-13(2)15-8-7-14-4-3-5-16(14)10-15/h6-11,13,19-20H,3-5H2,1-2H3. The Bertz CT molecular complexity index is 633. The summed E-state index contributed by atoms with van der Waals surface area (Å²) in [5, 5.41) is 13.2. The Kier molecular flexibility index (Phi) is 3.39. The highest BCUT2D eigenvalue weighted by Crippen LogP contribution is 2.28. The molecule has 0 amide bonds. The summed E-state index contributed by atoms with van der Waals surface area (Å²) in [5.41, 5.74) is 6.18. The van der Waals surface area contributed by atoms with Crippen LogP contribution in [0.5, 0.6) is 5.75 Å². The summed E-state index contributed by atoms with van der Waals surface area (Å²) in [4.78, 5) is 0. The Morgan fingerprint density at radius 3 is 2.65 bits per heavy atom. The predicted octanol–water partition coefficient (Wildman–Crippen LogP) is 4.36. The summed E-state index contributed by atoms with van der Waals surface area (Å²) in [6.45, 7) is 4.07. The van der Waals surface area contributed by atoms with E-state index < -0.39 is 0 Å². The zero-order chi connectivity index (χ0) is 14.1. The second-order valence-electron chi connectivity index (χ2n) is 5.75. The number of hydrogen-bond acceptors (Lipinski definition) is 2. The largest absolute Gasteiger partial charge is 0.508 e. The van der Waals surface area contributed by atoms with Crippen molar-refractivity contribution < 1.29 is 5.11 Å². The van der Waals surface area contributed by atoms with E-state index in [2.05, 4.69) is 30.4 Å². The van der Waals surface area contributed by atoms with E-state index in [4.69, 9.17) is 0 Å². The second kappa shape index (κ2) is 5.20. The summed E-state index contributed by atoms with van der Waals surface area (Å²) in [5.74, 6) is 0.344. The lowest BCUT2D eigenvalue weighted by molar-refractivity contribution is 0.471. The number of aryl methyl sites for hydroxylation is 3. The monoisotopic (exact) mass is 267 g/mol. The van der Waals surface area contributed by atoms with Gasteiger partial charge in [-0.25, -0.2) is 0 Å². The summed E-state index contributed by atoms with van der Waals surface area (Å²) in [6, 6.07) is 12.8. The van der Waals surface area contributed by atoms with Crippen molar-refractivity contribution in [1.29, 1.82) is 0 Å². The third-order valence-corrected chi connectivity index (χ3v) is 4.21. The molecule has 0 bridgehead atoms. The van der Waals surface area contributed by atoms with Crippen LogP contribution in [0, 0.1) is 6.92 Å². The van der Waals surface area contributed by atoms with Crippen molar-refractivity contribution in [2.24, 2.45) is 0 Å². The molecule has 2 nitrogen and oxygen atoms in total. The molecule has 0 saturated carbocycles. The van der Waals surface area contributed by atoms with E-state index in [9.17, 15) is 5.11 Å². The number of phenolic OH excluding ortho intramolecular Hbond substituents is 1. The van der Waals surface area contributed by atoms with Crippen molar-refractivity contribution in [1.82, 2.24) is 0 Å². The number of fused-ring (bicyclic) bond motifs is 1. The minimum absolute atomic E-state index is 0.239. The van der Waals surface area contributed by atoms with Crippen molar-refractivity contribution in [3.63, 3.8) is 0 Å². The Morgan fingerprint density at radius 2 is 1.85 bits per heavy atom. The van der Waals surface area contributed by atoms with Crippen molar-refractivity contribution in [3.05, 3.63) is 58.7 Å². The Hall–Kier alpha value is -1.96. The molecule has 3 rings (SSSR count). The van der Waals surface area contributed by atoms with E-state index >= 15 is 0 Å². The topological polar surface area (TPSA) is 32.3 Å². The van der Waals surface area contributed by atoms with Crippen LogP contribution in [-0.2, 0) is 12.8 Å². The molecule has 104 valence electrons.